The van der Waals surface area contributed by atoms with Crippen molar-refractivity contribution in [2.45, 2.75) is 38.1 Å². The molecule has 1 aliphatic carbocycles. The summed E-state index contributed by atoms with van der Waals surface area (Å²) in [4.78, 5) is 15.0. The lowest BCUT2D eigenvalue weighted by molar-refractivity contribution is -0.125. The van der Waals surface area contributed by atoms with E-state index in [1.165, 1.54) is 23.3 Å². The van der Waals surface area contributed by atoms with E-state index in [2.05, 4.69) is 29.2 Å². The normalized spacial score (nSPS) is 23.9. The van der Waals surface area contributed by atoms with Crippen molar-refractivity contribution in [2.24, 2.45) is 5.92 Å². The SMILES string of the molecule is O=C1CCCC[C@@H]1[C@H]1c2ccccc2CCN1c1ccc(F)cc1. The molecule has 2 nitrogen and oxygen atoms in total. The summed E-state index contributed by atoms with van der Waals surface area (Å²) in [7, 11) is 0. The molecule has 1 fully saturated rings. The van der Waals surface area contributed by atoms with E-state index in [1.807, 2.05) is 12.1 Å². The van der Waals surface area contributed by atoms with E-state index < -0.39 is 0 Å². The van der Waals surface area contributed by atoms with Crippen LogP contribution < -0.4 is 4.90 Å². The third kappa shape index (κ3) is 2.72. The Morgan fingerprint density at radius 3 is 2.54 bits per heavy atom. The topological polar surface area (TPSA) is 20.3 Å². The predicted molar refractivity (Wildman–Crippen MR) is 93.6 cm³/mol. The molecule has 0 spiro atoms. The minimum absolute atomic E-state index is 0.0465. The number of benzene rings is 2. The standard InChI is InChI=1S/C21H22FNO/c22-16-9-11-17(12-10-16)23-14-13-15-5-1-2-6-18(15)21(23)19-7-3-4-8-20(19)24/h1-2,5-6,9-12,19,21H,3-4,7-8,13-14H2/t19-,21+/m0/s1. The van der Waals surface area contributed by atoms with Crippen LogP contribution in [0.15, 0.2) is 48.5 Å². The highest BCUT2D eigenvalue weighted by Gasteiger charge is 2.38. The zero-order valence-electron chi connectivity index (χ0n) is 13.7. The van der Waals surface area contributed by atoms with Crippen molar-refractivity contribution in [1.29, 1.82) is 0 Å². The third-order valence-electron chi connectivity index (χ3n) is 5.47. The molecule has 1 saturated carbocycles. The Hall–Kier alpha value is -2.16. The number of carbonyl (C=O) groups excluding carboxylic acids is 1. The van der Waals surface area contributed by atoms with Crippen molar-refractivity contribution in [3.63, 3.8) is 0 Å². The Bertz CT molecular complexity index is 740. The molecule has 0 N–H and O–H groups in total. The monoisotopic (exact) mass is 323 g/mol. The van der Waals surface area contributed by atoms with Crippen LogP contribution in [-0.4, -0.2) is 12.3 Å². The van der Waals surface area contributed by atoms with Gasteiger partial charge < -0.3 is 4.90 Å². The number of Topliss-reactive ketones (excluding diaryl/α,β-unsaturated/α-hetero) is 1. The van der Waals surface area contributed by atoms with Gasteiger partial charge in [0.1, 0.15) is 11.6 Å². The second kappa shape index (κ2) is 6.39. The molecule has 4 rings (SSSR count). The second-order valence-electron chi connectivity index (χ2n) is 6.88. The van der Waals surface area contributed by atoms with Gasteiger partial charge in [0, 0.05) is 24.6 Å². The van der Waals surface area contributed by atoms with Crippen molar-refractivity contribution in [3.8, 4) is 0 Å². The maximum atomic E-state index is 13.3. The average Bonchev–Trinajstić information content (AvgIpc) is 2.62. The highest BCUT2D eigenvalue weighted by Crippen LogP contribution is 2.42. The zero-order chi connectivity index (χ0) is 16.5. The van der Waals surface area contributed by atoms with Gasteiger partial charge in [0.05, 0.1) is 6.04 Å². The fraction of sp³-hybridized carbons (Fsp3) is 0.381. The molecule has 0 radical (unpaired) electrons. The number of hydrogen-bond donors (Lipinski definition) is 0. The van der Waals surface area contributed by atoms with Gasteiger partial charge in [-0.05, 0) is 54.7 Å². The van der Waals surface area contributed by atoms with Crippen LogP contribution >= 0.6 is 0 Å². The first-order valence-electron chi connectivity index (χ1n) is 8.87. The van der Waals surface area contributed by atoms with E-state index >= 15 is 0 Å². The third-order valence-corrected chi connectivity index (χ3v) is 5.47. The number of fused-ring (bicyclic) bond motifs is 1. The van der Waals surface area contributed by atoms with Crippen LogP contribution in [0.1, 0.15) is 42.9 Å². The molecule has 1 heterocycles. The Kier molecular flexibility index (Phi) is 4.09. The summed E-state index contributed by atoms with van der Waals surface area (Å²) in [5, 5.41) is 0. The van der Waals surface area contributed by atoms with Crippen molar-refractivity contribution in [1.82, 2.24) is 0 Å². The minimum atomic E-state index is -0.221. The van der Waals surface area contributed by atoms with E-state index in [4.69, 9.17) is 0 Å². The number of rotatable bonds is 2. The van der Waals surface area contributed by atoms with Gasteiger partial charge >= 0.3 is 0 Å². The van der Waals surface area contributed by atoms with Crippen LogP contribution in [0.4, 0.5) is 10.1 Å². The number of halogens is 1. The van der Waals surface area contributed by atoms with Crippen LogP contribution in [0.3, 0.4) is 0 Å². The number of anilines is 1. The highest BCUT2D eigenvalue weighted by molar-refractivity contribution is 5.83. The number of ketones is 1. The molecule has 0 aromatic heterocycles. The fourth-order valence-electron chi connectivity index (χ4n) is 4.30. The first-order chi connectivity index (χ1) is 11.7. The van der Waals surface area contributed by atoms with Crippen molar-refractivity contribution >= 4 is 11.5 Å². The Balaban J connectivity index is 1.77. The van der Waals surface area contributed by atoms with Crippen LogP contribution in [0, 0.1) is 11.7 Å². The van der Waals surface area contributed by atoms with E-state index in [-0.39, 0.29) is 17.8 Å². The minimum Gasteiger partial charge on any atom is -0.363 e. The number of nitrogens with zero attached hydrogens (tertiary/aromatic N) is 1. The molecule has 0 bridgehead atoms. The first kappa shape index (κ1) is 15.4. The van der Waals surface area contributed by atoms with Gasteiger partial charge in [-0.3, -0.25) is 4.79 Å². The van der Waals surface area contributed by atoms with Crippen LogP contribution in [0.25, 0.3) is 0 Å². The molecule has 0 unspecified atom stereocenters. The van der Waals surface area contributed by atoms with E-state index in [1.54, 1.807) is 0 Å². The maximum Gasteiger partial charge on any atom is 0.138 e. The van der Waals surface area contributed by atoms with Crippen molar-refractivity contribution in [3.05, 3.63) is 65.5 Å². The van der Waals surface area contributed by atoms with Gasteiger partial charge in [-0.1, -0.05) is 30.7 Å². The second-order valence-corrected chi connectivity index (χ2v) is 6.88. The number of hydrogen-bond acceptors (Lipinski definition) is 2. The van der Waals surface area contributed by atoms with E-state index in [9.17, 15) is 9.18 Å². The van der Waals surface area contributed by atoms with Crippen LogP contribution in [0.5, 0.6) is 0 Å². The number of carbonyl (C=O) groups is 1. The maximum absolute atomic E-state index is 13.3. The molecule has 0 saturated heterocycles. The zero-order valence-corrected chi connectivity index (χ0v) is 13.7. The van der Waals surface area contributed by atoms with Gasteiger partial charge in [0.2, 0.25) is 0 Å². The highest BCUT2D eigenvalue weighted by atomic mass is 19.1. The molecule has 0 amide bonds. The lowest BCUT2D eigenvalue weighted by atomic mass is 9.76. The van der Waals surface area contributed by atoms with Gasteiger partial charge in [-0.15, -0.1) is 0 Å². The van der Waals surface area contributed by atoms with Gasteiger partial charge in [-0.25, -0.2) is 4.39 Å². The van der Waals surface area contributed by atoms with Crippen LogP contribution in [0.2, 0.25) is 0 Å². The summed E-state index contributed by atoms with van der Waals surface area (Å²) in [6, 6.07) is 15.3. The molecule has 124 valence electrons. The van der Waals surface area contributed by atoms with Gasteiger partial charge in [0.15, 0.2) is 0 Å². The van der Waals surface area contributed by atoms with E-state index in [0.29, 0.717) is 12.2 Å². The Morgan fingerprint density at radius 2 is 1.75 bits per heavy atom. The molecular formula is C21H22FNO. The van der Waals surface area contributed by atoms with Gasteiger partial charge in [0.25, 0.3) is 0 Å². The largest absolute Gasteiger partial charge is 0.363 e. The Labute approximate surface area is 142 Å². The summed E-state index contributed by atoms with van der Waals surface area (Å²) in [6.07, 6.45) is 4.74. The molecule has 1 aliphatic heterocycles. The first-order valence-corrected chi connectivity index (χ1v) is 8.87. The molecule has 3 heteroatoms. The molecule has 2 aromatic carbocycles. The van der Waals surface area contributed by atoms with Crippen molar-refractivity contribution in [2.75, 3.05) is 11.4 Å². The van der Waals surface area contributed by atoms with Crippen LogP contribution in [-0.2, 0) is 11.2 Å². The molecular weight excluding hydrogens is 301 g/mol. The molecule has 2 aliphatic rings. The van der Waals surface area contributed by atoms with Crippen molar-refractivity contribution < 1.29 is 9.18 Å². The summed E-state index contributed by atoms with van der Waals surface area (Å²) in [6.45, 7) is 0.872. The lowest BCUT2D eigenvalue weighted by Gasteiger charge is -2.43. The molecule has 24 heavy (non-hydrogen) atoms. The summed E-state index contributed by atoms with van der Waals surface area (Å²) < 4.78 is 13.3. The summed E-state index contributed by atoms with van der Waals surface area (Å²) in [5.74, 6) is 0.210. The summed E-state index contributed by atoms with van der Waals surface area (Å²) >= 11 is 0. The summed E-state index contributed by atoms with van der Waals surface area (Å²) in [5.41, 5.74) is 3.63. The quantitative estimate of drug-likeness (QED) is 0.799. The van der Waals surface area contributed by atoms with E-state index in [0.717, 1.165) is 37.9 Å². The smallest absolute Gasteiger partial charge is 0.138 e. The molecule has 2 atom stereocenters. The average molecular weight is 323 g/mol. The fourth-order valence-corrected chi connectivity index (χ4v) is 4.30. The lowest BCUT2D eigenvalue weighted by Crippen LogP contribution is -2.42. The Morgan fingerprint density at radius 1 is 0.958 bits per heavy atom. The van der Waals surface area contributed by atoms with Gasteiger partial charge in [-0.2, -0.15) is 0 Å². The predicted octanol–water partition coefficient (Wildman–Crippen LogP) is 4.69. The molecule has 2 aromatic rings.